The maximum absolute atomic E-state index is 15.0. The summed E-state index contributed by atoms with van der Waals surface area (Å²) in [6.45, 7) is 5.42. The number of alkyl halides is 3. The molecular formula is C19H20F4N2O3S. The van der Waals surface area contributed by atoms with Crippen LogP contribution in [0.2, 0.25) is 0 Å². The van der Waals surface area contributed by atoms with Crippen LogP contribution in [0.4, 0.5) is 17.6 Å². The van der Waals surface area contributed by atoms with Gasteiger partial charge in [0.2, 0.25) is 0 Å². The van der Waals surface area contributed by atoms with Crippen LogP contribution in [0.5, 0.6) is 11.5 Å². The van der Waals surface area contributed by atoms with E-state index in [9.17, 15) is 17.4 Å². The van der Waals surface area contributed by atoms with E-state index in [1.54, 1.807) is 32.9 Å². The standard InChI is InChI=1S/C19H20F4N2O3S/c1-17(2,3)29(26)25-18(8-10-27-15-5-4-9-24-16(15)18)13-7-6-12(11-14(13)20)28-19(21,22)23/h4-7,9,11,25H,8,10H2,1-3H3/t18-,29+/m0/s1. The van der Waals surface area contributed by atoms with Crippen molar-refractivity contribution in [3.8, 4) is 11.5 Å². The summed E-state index contributed by atoms with van der Waals surface area (Å²) >= 11 is 0. The number of benzene rings is 1. The van der Waals surface area contributed by atoms with Gasteiger partial charge in [0.1, 0.15) is 28.5 Å². The van der Waals surface area contributed by atoms with Gasteiger partial charge in [0.25, 0.3) is 0 Å². The Labute approximate surface area is 168 Å². The topological polar surface area (TPSA) is 60.5 Å². The van der Waals surface area contributed by atoms with Gasteiger partial charge in [-0.1, -0.05) is 6.07 Å². The lowest BCUT2D eigenvalue weighted by molar-refractivity contribution is -0.274. The Hall–Kier alpha value is -2.20. The number of ether oxygens (including phenoxy) is 2. The van der Waals surface area contributed by atoms with Crippen LogP contribution in [-0.2, 0) is 16.5 Å². The van der Waals surface area contributed by atoms with E-state index >= 15 is 4.39 Å². The molecule has 0 bridgehead atoms. The normalized spacial score (nSPS) is 20.5. The number of rotatable bonds is 4. The van der Waals surface area contributed by atoms with Crippen molar-refractivity contribution in [3.05, 3.63) is 53.6 Å². The highest BCUT2D eigenvalue weighted by Gasteiger charge is 2.45. The smallest absolute Gasteiger partial charge is 0.491 e. The molecule has 3 rings (SSSR count). The minimum Gasteiger partial charge on any atom is -0.491 e. The number of nitrogens with zero attached hydrogens (tertiary/aromatic N) is 1. The van der Waals surface area contributed by atoms with Crippen LogP contribution in [0.15, 0.2) is 36.5 Å². The van der Waals surface area contributed by atoms with E-state index < -0.39 is 39.2 Å². The van der Waals surface area contributed by atoms with Gasteiger partial charge in [0.15, 0.2) is 0 Å². The predicted octanol–water partition coefficient (Wildman–Crippen LogP) is 4.20. The molecule has 1 aromatic heterocycles. The van der Waals surface area contributed by atoms with Crippen molar-refractivity contribution < 1.29 is 31.2 Å². The first kappa shape index (κ1) is 21.5. The number of fused-ring (bicyclic) bond motifs is 1. The van der Waals surface area contributed by atoms with Crippen molar-refractivity contribution >= 4 is 11.0 Å². The molecule has 0 radical (unpaired) electrons. The van der Waals surface area contributed by atoms with Crippen LogP contribution in [0.3, 0.4) is 0 Å². The molecule has 0 saturated heterocycles. The summed E-state index contributed by atoms with van der Waals surface area (Å²) in [6, 6.07) is 6.16. The fraction of sp³-hybridized carbons (Fsp3) is 0.421. The Morgan fingerprint density at radius 1 is 1.24 bits per heavy atom. The maximum Gasteiger partial charge on any atom is 0.573 e. The molecule has 10 heteroatoms. The van der Waals surface area contributed by atoms with Crippen LogP contribution in [0, 0.1) is 5.82 Å². The minimum absolute atomic E-state index is 0.00729. The first-order valence-corrected chi connectivity index (χ1v) is 9.91. The molecule has 1 aromatic carbocycles. The van der Waals surface area contributed by atoms with Crippen molar-refractivity contribution in [2.45, 2.75) is 43.8 Å². The monoisotopic (exact) mass is 432 g/mol. The molecule has 29 heavy (non-hydrogen) atoms. The van der Waals surface area contributed by atoms with Crippen LogP contribution in [0.1, 0.15) is 38.4 Å². The Kier molecular flexibility index (Phi) is 5.61. The summed E-state index contributed by atoms with van der Waals surface area (Å²) < 4.78 is 77.1. The fourth-order valence-corrected chi connectivity index (χ4v) is 3.96. The minimum atomic E-state index is -4.94. The van der Waals surface area contributed by atoms with Gasteiger partial charge in [-0.05, 0) is 39.0 Å². The number of hydrogen-bond donors (Lipinski definition) is 1. The number of nitrogens with one attached hydrogen (secondary N) is 1. The van der Waals surface area contributed by atoms with Gasteiger partial charge >= 0.3 is 6.36 Å². The third-order valence-electron chi connectivity index (χ3n) is 4.37. The Balaban J connectivity index is 2.14. The van der Waals surface area contributed by atoms with Gasteiger partial charge < -0.3 is 9.47 Å². The van der Waals surface area contributed by atoms with Crippen molar-refractivity contribution in [1.29, 1.82) is 0 Å². The molecule has 0 unspecified atom stereocenters. The lowest BCUT2D eigenvalue weighted by Gasteiger charge is -2.40. The number of hydrogen-bond acceptors (Lipinski definition) is 4. The third-order valence-corrected chi connectivity index (χ3v) is 6.01. The molecule has 1 N–H and O–H groups in total. The van der Waals surface area contributed by atoms with Gasteiger partial charge in [-0.25, -0.2) is 13.3 Å². The molecule has 2 atom stereocenters. The molecule has 0 amide bonds. The van der Waals surface area contributed by atoms with Gasteiger partial charge in [-0.2, -0.15) is 0 Å². The summed E-state index contributed by atoms with van der Waals surface area (Å²) in [5, 5.41) is 0. The summed E-state index contributed by atoms with van der Waals surface area (Å²) in [5.74, 6) is -1.24. The molecular weight excluding hydrogens is 412 g/mol. The third kappa shape index (κ3) is 4.53. The summed E-state index contributed by atoms with van der Waals surface area (Å²) in [5.41, 5.74) is -1.03. The molecule has 1 aliphatic rings. The molecule has 158 valence electrons. The summed E-state index contributed by atoms with van der Waals surface area (Å²) in [7, 11) is -1.63. The highest BCUT2D eigenvalue weighted by Crippen LogP contribution is 2.43. The predicted molar refractivity (Wildman–Crippen MR) is 99.2 cm³/mol. The quantitative estimate of drug-likeness (QED) is 0.736. The molecule has 2 heterocycles. The lowest BCUT2D eigenvalue weighted by Crippen LogP contribution is -2.52. The zero-order valence-electron chi connectivity index (χ0n) is 16.0. The molecule has 0 spiro atoms. The van der Waals surface area contributed by atoms with Gasteiger partial charge in [0, 0.05) is 24.2 Å². The molecule has 0 fully saturated rings. The van der Waals surface area contributed by atoms with E-state index in [4.69, 9.17) is 4.74 Å². The molecule has 5 nitrogen and oxygen atoms in total. The zero-order chi connectivity index (χ0) is 21.4. The second-order valence-corrected chi connectivity index (χ2v) is 9.49. The van der Waals surface area contributed by atoms with Gasteiger partial charge in [0.05, 0.1) is 22.3 Å². The largest absolute Gasteiger partial charge is 0.573 e. The van der Waals surface area contributed by atoms with Crippen LogP contribution in [0.25, 0.3) is 0 Å². The molecule has 0 aliphatic carbocycles. The first-order chi connectivity index (χ1) is 13.4. The van der Waals surface area contributed by atoms with E-state index in [1.807, 2.05) is 0 Å². The molecule has 0 saturated carbocycles. The Morgan fingerprint density at radius 2 is 1.97 bits per heavy atom. The average Bonchev–Trinajstić information content (AvgIpc) is 2.60. The van der Waals surface area contributed by atoms with E-state index in [2.05, 4.69) is 14.4 Å². The van der Waals surface area contributed by atoms with Gasteiger partial charge in [-0.3, -0.25) is 4.98 Å². The second-order valence-electron chi connectivity index (χ2n) is 7.53. The van der Waals surface area contributed by atoms with Gasteiger partial charge in [-0.15, -0.1) is 13.2 Å². The Bertz CT molecular complexity index is 930. The summed E-state index contributed by atoms with van der Waals surface area (Å²) in [6.07, 6.45) is -3.28. The SMILES string of the molecule is CC(C)(C)[S@@](=O)N[C@]1(c2ccc(OC(F)(F)F)cc2F)CCOc2cccnc21. The number of halogens is 4. The number of aromatic nitrogens is 1. The van der Waals surface area contributed by atoms with E-state index in [0.29, 0.717) is 17.5 Å². The van der Waals surface area contributed by atoms with Crippen LogP contribution < -0.4 is 14.2 Å². The molecule has 2 aromatic rings. The summed E-state index contributed by atoms with van der Waals surface area (Å²) in [4.78, 5) is 4.31. The average molecular weight is 432 g/mol. The maximum atomic E-state index is 15.0. The first-order valence-electron chi connectivity index (χ1n) is 8.76. The van der Waals surface area contributed by atoms with Crippen molar-refractivity contribution in [1.82, 2.24) is 9.71 Å². The number of pyridine rings is 1. The Morgan fingerprint density at radius 3 is 2.59 bits per heavy atom. The van der Waals surface area contributed by atoms with Crippen LogP contribution >= 0.6 is 0 Å². The lowest BCUT2D eigenvalue weighted by atomic mass is 9.82. The van der Waals surface area contributed by atoms with Crippen molar-refractivity contribution in [2.24, 2.45) is 0 Å². The fourth-order valence-electron chi connectivity index (χ4n) is 3.03. The van der Waals surface area contributed by atoms with Crippen molar-refractivity contribution in [3.63, 3.8) is 0 Å². The van der Waals surface area contributed by atoms with E-state index in [0.717, 1.165) is 6.07 Å². The van der Waals surface area contributed by atoms with Crippen molar-refractivity contribution in [2.75, 3.05) is 6.61 Å². The molecule has 1 aliphatic heterocycles. The van der Waals surface area contributed by atoms with E-state index in [1.165, 1.54) is 12.3 Å². The second kappa shape index (κ2) is 7.56. The zero-order valence-corrected chi connectivity index (χ0v) is 16.8. The van der Waals surface area contributed by atoms with E-state index in [-0.39, 0.29) is 18.6 Å². The highest BCUT2D eigenvalue weighted by molar-refractivity contribution is 7.84. The highest BCUT2D eigenvalue weighted by atomic mass is 32.2. The van der Waals surface area contributed by atoms with Crippen LogP contribution in [-0.4, -0.2) is 26.9 Å².